The molecule has 0 radical (unpaired) electrons. The van der Waals surface area contributed by atoms with E-state index >= 15 is 0 Å². The fourth-order valence-electron chi connectivity index (χ4n) is 4.87. The van der Waals surface area contributed by atoms with Crippen molar-refractivity contribution in [3.63, 3.8) is 0 Å². The number of benzene rings is 2. The minimum atomic E-state index is -1.17. The van der Waals surface area contributed by atoms with Crippen molar-refractivity contribution in [2.45, 2.75) is 67.1 Å². The molecule has 2 N–H and O–H groups in total. The van der Waals surface area contributed by atoms with Crippen molar-refractivity contribution in [3.05, 3.63) is 63.8 Å². The quantitative estimate of drug-likeness (QED) is 0.416. The normalized spacial score (nSPS) is 14.0. The summed E-state index contributed by atoms with van der Waals surface area (Å²) in [5.74, 6) is -0.228. The number of carboxylic acid groups (broad SMARTS) is 1. The summed E-state index contributed by atoms with van der Waals surface area (Å²) >= 11 is 0. The molecule has 6 nitrogen and oxygen atoms in total. The molecule has 6 heteroatoms. The maximum Gasteiger partial charge on any atom is 0.337 e. The maximum absolute atomic E-state index is 12.6. The molecule has 4 rings (SSSR count). The van der Waals surface area contributed by atoms with Gasteiger partial charge in [0, 0.05) is 23.4 Å². The molecular weight excluding hydrogens is 452 g/mol. The number of aryl methyl sites for hydroxylation is 3. The highest BCUT2D eigenvalue weighted by atomic mass is 16.5. The minimum Gasteiger partial charge on any atom is -0.490 e. The first-order valence-electron chi connectivity index (χ1n) is 12.4. The van der Waals surface area contributed by atoms with Gasteiger partial charge in [-0.25, -0.2) is 4.79 Å². The maximum atomic E-state index is 12.6. The number of fused-ring (bicyclic) bond motifs is 1. The first-order chi connectivity index (χ1) is 16.9. The van der Waals surface area contributed by atoms with Crippen LogP contribution in [0.5, 0.6) is 5.75 Å². The number of carboxylic acids is 1. The van der Waals surface area contributed by atoms with Gasteiger partial charge in [0.05, 0.1) is 17.0 Å². The summed E-state index contributed by atoms with van der Waals surface area (Å²) in [6.45, 7) is 17.1. The Morgan fingerprint density at radius 3 is 2.42 bits per heavy atom. The van der Waals surface area contributed by atoms with Crippen molar-refractivity contribution in [2.75, 3.05) is 18.5 Å². The van der Waals surface area contributed by atoms with Gasteiger partial charge in [-0.15, -0.1) is 0 Å². The third kappa shape index (κ3) is 4.82. The lowest BCUT2D eigenvalue weighted by Crippen LogP contribution is -2.28. The van der Waals surface area contributed by atoms with Crippen molar-refractivity contribution in [1.82, 2.24) is 4.98 Å². The monoisotopic (exact) mass is 488 g/mol. The molecule has 190 valence electrons. The van der Waals surface area contributed by atoms with E-state index in [-0.39, 0.29) is 0 Å². The van der Waals surface area contributed by atoms with Crippen LogP contribution in [0.15, 0.2) is 30.3 Å². The van der Waals surface area contributed by atoms with Gasteiger partial charge in [0.15, 0.2) is 6.10 Å². The molecule has 0 aliphatic carbocycles. The van der Waals surface area contributed by atoms with Crippen LogP contribution in [0.25, 0.3) is 22.4 Å². The summed E-state index contributed by atoms with van der Waals surface area (Å²) in [5.41, 5.74) is 9.47. The number of nitrogens with one attached hydrogen (secondary N) is 1. The number of rotatable bonds is 5. The molecule has 0 saturated heterocycles. The number of anilines is 1. The molecule has 36 heavy (non-hydrogen) atoms. The molecule has 2 aromatic carbocycles. The summed E-state index contributed by atoms with van der Waals surface area (Å²) in [7, 11) is 0. The van der Waals surface area contributed by atoms with Gasteiger partial charge in [0.2, 0.25) is 0 Å². The SMILES string of the molecule is Cc1ccc(-c2nc(C)c([C@H](OC(C)(C)C)C(=O)O)c(-c3ccc4c(c3C)NCCO4)c2C)cc1C. The number of aromatic nitrogens is 1. The van der Waals surface area contributed by atoms with Crippen molar-refractivity contribution < 1.29 is 19.4 Å². The molecule has 0 saturated carbocycles. The number of aliphatic carboxylic acids is 1. The molecule has 3 aromatic rings. The molecule has 1 atom stereocenters. The fourth-order valence-corrected chi connectivity index (χ4v) is 4.87. The molecule has 1 aliphatic heterocycles. The third-order valence-corrected chi connectivity index (χ3v) is 6.76. The van der Waals surface area contributed by atoms with Crippen molar-refractivity contribution in [2.24, 2.45) is 0 Å². The van der Waals surface area contributed by atoms with Crippen LogP contribution in [0.4, 0.5) is 5.69 Å². The zero-order chi connectivity index (χ0) is 26.4. The predicted molar refractivity (Wildman–Crippen MR) is 144 cm³/mol. The van der Waals surface area contributed by atoms with Crippen LogP contribution in [-0.2, 0) is 9.53 Å². The third-order valence-electron chi connectivity index (χ3n) is 6.76. The molecule has 0 fully saturated rings. The Morgan fingerprint density at radius 2 is 1.78 bits per heavy atom. The molecule has 2 heterocycles. The van der Waals surface area contributed by atoms with Gasteiger partial charge in [-0.1, -0.05) is 18.2 Å². The first-order valence-corrected chi connectivity index (χ1v) is 12.4. The van der Waals surface area contributed by atoms with Gasteiger partial charge in [-0.2, -0.15) is 0 Å². The first kappa shape index (κ1) is 25.7. The van der Waals surface area contributed by atoms with Crippen LogP contribution in [0.3, 0.4) is 0 Å². The van der Waals surface area contributed by atoms with Crippen LogP contribution in [0.2, 0.25) is 0 Å². The zero-order valence-electron chi connectivity index (χ0n) is 22.5. The lowest BCUT2D eigenvalue weighted by atomic mass is 9.86. The fraction of sp³-hybridized carbons (Fsp3) is 0.400. The summed E-state index contributed by atoms with van der Waals surface area (Å²) in [6.07, 6.45) is -1.17. The topological polar surface area (TPSA) is 80.7 Å². The number of hydrogen-bond acceptors (Lipinski definition) is 5. The van der Waals surface area contributed by atoms with E-state index in [0.717, 1.165) is 51.5 Å². The standard InChI is InChI=1S/C30H36N2O4/c1-16-9-10-21(15-17(16)2)26-19(4)24(22-11-12-23-27(18(22)3)31-13-14-35-23)25(20(5)32-26)28(29(33)34)36-30(6,7)8/h9-12,15,28,31H,13-14H2,1-8H3,(H,33,34)/t28-/m0/s1. The van der Waals surface area contributed by atoms with Crippen LogP contribution >= 0.6 is 0 Å². The average molecular weight is 489 g/mol. The summed E-state index contributed by atoms with van der Waals surface area (Å²) in [5, 5.41) is 13.8. The van der Waals surface area contributed by atoms with Crippen LogP contribution in [-0.4, -0.2) is 34.8 Å². The Hall–Kier alpha value is -3.38. The minimum absolute atomic E-state index is 0.585. The van der Waals surface area contributed by atoms with Crippen LogP contribution < -0.4 is 10.1 Å². The Morgan fingerprint density at radius 1 is 1.06 bits per heavy atom. The second-order valence-electron chi connectivity index (χ2n) is 10.6. The van der Waals surface area contributed by atoms with Gasteiger partial charge >= 0.3 is 5.97 Å². The van der Waals surface area contributed by atoms with E-state index in [1.165, 1.54) is 11.1 Å². The Kier molecular flexibility index (Phi) is 6.84. The van der Waals surface area contributed by atoms with E-state index in [2.05, 4.69) is 37.4 Å². The second kappa shape index (κ2) is 9.58. The van der Waals surface area contributed by atoms with Gasteiger partial charge in [-0.05, 0) is 101 Å². The second-order valence-corrected chi connectivity index (χ2v) is 10.6. The van der Waals surface area contributed by atoms with E-state index in [1.54, 1.807) is 0 Å². The van der Waals surface area contributed by atoms with E-state index in [1.807, 2.05) is 53.7 Å². The zero-order valence-corrected chi connectivity index (χ0v) is 22.5. The molecule has 0 spiro atoms. The van der Waals surface area contributed by atoms with E-state index in [0.29, 0.717) is 17.9 Å². The van der Waals surface area contributed by atoms with Gasteiger partial charge in [-0.3, -0.25) is 4.98 Å². The number of pyridine rings is 1. The smallest absolute Gasteiger partial charge is 0.337 e. The highest BCUT2D eigenvalue weighted by molar-refractivity contribution is 5.88. The molecule has 1 aliphatic rings. The average Bonchev–Trinajstić information content (AvgIpc) is 2.81. The molecule has 1 aromatic heterocycles. The number of hydrogen-bond donors (Lipinski definition) is 2. The number of carbonyl (C=O) groups is 1. The van der Waals surface area contributed by atoms with Gasteiger partial charge in [0.25, 0.3) is 0 Å². The molecule has 0 bridgehead atoms. The van der Waals surface area contributed by atoms with Crippen molar-refractivity contribution in [1.29, 1.82) is 0 Å². The summed E-state index contributed by atoms with van der Waals surface area (Å²) < 4.78 is 12.0. The largest absolute Gasteiger partial charge is 0.490 e. The highest BCUT2D eigenvalue weighted by Crippen LogP contribution is 2.45. The predicted octanol–water partition coefficient (Wildman–Crippen LogP) is 6.70. The Balaban J connectivity index is 2.06. The lowest BCUT2D eigenvalue weighted by Gasteiger charge is -2.30. The molecule has 0 unspecified atom stereocenters. The Labute approximate surface area is 213 Å². The van der Waals surface area contributed by atoms with E-state index in [4.69, 9.17) is 14.5 Å². The Bertz CT molecular complexity index is 1340. The van der Waals surface area contributed by atoms with E-state index in [9.17, 15) is 9.90 Å². The lowest BCUT2D eigenvalue weighted by molar-refractivity contribution is -0.160. The number of ether oxygens (including phenoxy) is 2. The van der Waals surface area contributed by atoms with Crippen molar-refractivity contribution in [3.8, 4) is 28.1 Å². The van der Waals surface area contributed by atoms with Crippen LogP contribution in [0, 0.1) is 34.6 Å². The van der Waals surface area contributed by atoms with Crippen molar-refractivity contribution >= 4 is 11.7 Å². The highest BCUT2D eigenvalue weighted by Gasteiger charge is 2.33. The van der Waals surface area contributed by atoms with Crippen LogP contribution in [0.1, 0.15) is 60.4 Å². The molecule has 0 amide bonds. The van der Waals surface area contributed by atoms with Gasteiger partial charge in [0.1, 0.15) is 12.4 Å². The summed E-state index contributed by atoms with van der Waals surface area (Å²) in [4.78, 5) is 17.6. The molecular formula is C30H36N2O4. The van der Waals surface area contributed by atoms with E-state index < -0.39 is 17.7 Å². The van der Waals surface area contributed by atoms with Gasteiger partial charge < -0.3 is 19.9 Å². The summed E-state index contributed by atoms with van der Waals surface area (Å²) in [6, 6.07) is 10.3. The number of nitrogens with zero attached hydrogens (tertiary/aromatic N) is 1.